The predicted molar refractivity (Wildman–Crippen MR) is 73.5 cm³/mol. The number of aromatic nitrogens is 1. The van der Waals surface area contributed by atoms with Crippen LogP contribution in [0.1, 0.15) is 32.3 Å². The fourth-order valence-corrected chi connectivity index (χ4v) is 2.80. The van der Waals surface area contributed by atoms with E-state index in [9.17, 15) is 9.59 Å². The molecule has 2 fully saturated rings. The quantitative estimate of drug-likeness (QED) is 0.897. The Labute approximate surface area is 118 Å². The van der Waals surface area contributed by atoms with Crippen molar-refractivity contribution in [2.24, 2.45) is 5.92 Å². The zero-order valence-corrected chi connectivity index (χ0v) is 11.8. The summed E-state index contributed by atoms with van der Waals surface area (Å²) in [5.74, 6) is 0.269. The molecule has 1 unspecified atom stereocenters. The molecule has 1 saturated carbocycles. The van der Waals surface area contributed by atoms with E-state index in [2.05, 4.69) is 10.3 Å². The molecule has 5 nitrogen and oxygen atoms in total. The number of carbonyl (C=O) groups excluding carboxylic acids is 2. The maximum Gasteiger partial charge on any atom is 0.248 e. The minimum atomic E-state index is -0.829. The number of pyridine rings is 1. The Morgan fingerprint density at radius 1 is 1.40 bits per heavy atom. The van der Waals surface area contributed by atoms with Crippen molar-refractivity contribution in [1.82, 2.24) is 15.2 Å². The number of nitrogens with one attached hydrogen (secondary N) is 1. The molecule has 2 heterocycles. The first-order valence-electron chi connectivity index (χ1n) is 7.01. The fourth-order valence-electron chi connectivity index (χ4n) is 2.80. The summed E-state index contributed by atoms with van der Waals surface area (Å²) < 4.78 is 0. The molecule has 0 bridgehead atoms. The molecule has 1 aromatic heterocycles. The fraction of sp³-hybridized carbons (Fsp3) is 0.533. The van der Waals surface area contributed by atoms with E-state index in [-0.39, 0.29) is 17.9 Å². The molecule has 2 aliphatic rings. The molecule has 1 atom stereocenters. The van der Waals surface area contributed by atoms with Crippen molar-refractivity contribution >= 4 is 11.8 Å². The van der Waals surface area contributed by atoms with Crippen LogP contribution in [-0.4, -0.2) is 33.3 Å². The highest BCUT2D eigenvalue weighted by Gasteiger charge is 2.50. The summed E-state index contributed by atoms with van der Waals surface area (Å²) in [4.78, 5) is 30.8. The third kappa shape index (κ3) is 2.28. The lowest BCUT2D eigenvalue weighted by molar-refractivity contribution is -0.155. The van der Waals surface area contributed by atoms with Crippen LogP contribution in [0.2, 0.25) is 0 Å². The van der Waals surface area contributed by atoms with Crippen LogP contribution in [0.25, 0.3) is 0 Å². The van der Waals surface area contributed by atoms with E-state index in [0.717, 1.165) is 18.4 Å². The second kappa shape index (κ2) is 4.58. The summed E-state index contributed by atoms with van der Waals surface area (Å²) in [5.41, 5.74) is 0.127. The van der Waals surface area contributed by atoms with Gasteiger partial charge < -0.3 is 10.2 Å². The monoisotopic (exact) mass is 273 g/mol. The average Bonchev–Trinajstić information content (AvgIpc) is 3.21. The van der Waals surface area contributed by atoms with Gasteiger partial charge in [0.25, 0.3) is 0 Å². The first-order chi connectivity index (χ1) is 9.49. The predicted octanol–water partition coefficient (Wildman–Crippen LogP) is 1.10. The van der Waals surface area contributed by atoms with Crippen LogP contribution >= 0.6 is 0 Å². The van der Waals surface area contributed by atoms with Gasteiger partial charge in [0, 0.05) is 18.9 Å². The molecule has 1 N–H and O–H groups in total. The van der Waals surface area contributed by atoms with Crippen molar-refractivity contribution in [3.05, 3.63) is 30.1 Å². The summed E-state index contributed by atoms with van der Waals surface area (Å²) in [6, 6.07) is 3.46. The molecule has 2 amide bonds. The molecule has 5 heteroatoms. The largest absolute Gasteiger partial charge is 0.340 e. The maximum absolute atomic E-state index is 12.6. The number of hydrogen-bond acceptors (Lipinski definition) is 3. The SMILES string of the molecule is CC1(C)NC(=O)C(C2CC2)N(Cc2cccnc2)C1=O. The Morgan fingerprint density at radius 2 is 2.15 bits per heavy atom. The molecular weight excluding hydrogens is 254 g/mol. The van der Waals surface area contributed by atoms with E-state index in [1.54, 1.807) is 31.1 Å². The maximum atomic E-state index is 12.6. The third-order valence-corrected chi connectivity index (χ3v) is 3.98. The van der Waals surface area contributed by atoms with Gasteiger partial charge >= 0.3 is 0 Å². The standard InChI is InChI=1S/C15H19N3O2/c1-15(2)14(20)18(9-10-4-3-7-16-8-10)12(11-5-6-11)13(19)17-15/h3-4,7-8,11-12H,5-6,9H2,1-2H3,(H,17,19). The van der Waals surface area contributed by atoms with Gasteiger partial charge in [-0.3, -0.25) is 14.6 Å². The second-order valence-electron chi connectivity index (χ2n) is 6.19. The molecule has 0 spiro atoms. The van der Waals surface area contributed by atoms with Crippen molar-refractivity contribution in [2.75, 3.05) is 0 Å². The van der Waals surface area contributed by atoms with Crippen LogP contribution in [0.15, 0.2) is 24.5 Å². The Bertz CT molecular complexity index is 537. The first kappa shape index (κ1) is 13.1. The summed E-state index contributed by atoms with van der Waals surface area (Å²) in [7, 11) is 0. The van der Waals surface area contributed by atoms with Crippen molar-refractivity contribution in [3.8, 4) is 0 Å². The minimum absolute atomic E-state index is 0.0159. The Balaban J connectivity index is 1.89. The van der Waals surface area contributed by atoms with E-state index in [1.165, 1.54) is 0 Å². The summed E-state index contributed by atoms with van der Waals surface area (Å²) in [6.07, 6.45) is 5.50. The third-order valence-electron chi connectivity index (χ3n) is 3.98. The molecule has 1 aliphatic carbocycles. The zero-order chi connectivity index (χ0) is 14.3. The van der Waals surface area contributed by atoms with Gasteiger partial charge in [-0.2, -0.15) is 0 Å². The summed E-state index contributed by atoms with van der Waals surface area (Å²) >= 11 is 0. The van der Waals surface area contributed by atoms with Gasteiger partial charge in [-0.05, 0) is 44.2 Å². The van der Waals surface area contributed by atoms with Gasteiger partial charge in [-0.25, -0.2) is 0 Å². The van der Waals surface area contributed by atoms with Gasteiger partial charge in [0.2, 0.25) is 11.8 Å². The highest BCUT2D eigenvalue weighted by Crippen LogP contribution is 2.38. The molecular formula is C15H19N3O2. The highest BCUT2D eigenvalue weighted by atomic mass is 16.2. The normalized spacial score (nSPS) is 25.5. The molecule has 1 aliphatic heterocycles. The number of hydrogen-bond donors (Lipinski definition) is 1. The number of carbonyl (C=O) groups is 2. The van der Waals surface area contributed by atoms with Crippen LogP contribution in [0.4, 0.5) is 0 Å². The van der Waals surface area contributed by atoms with Gasteiger partial charge in [0.15, 0.2) is 0 Å². The lowest BCUT2D eigenvalue weighted by Crippen LogP contribution is -2.68. The molecule has 20 heavy (non-hydrogen) atoms. The van der Waals surface area contributed by atoms with Crippen molar-refractivity contribution in [2.45, 2.75) is 44.8 Å². The molecule has 1 saturated heterocycles. The Morgan fingerprint density at radius 3 is 2.75 bits per heavy atom. The van der Waals surface area contributed by atoms with E-state index in [1.807, 2.05) is 12.1 Å². The van der Waals surface area contributed by atoms with Crippen LogP contribution in [0.5, 0.6) is 0 Å². The van der Waals surface area contributed by atoms with Crippen LogP contribution in [-0.2, 0) is 16.1 Å². The van der Waals surface area contributed by atoms with Gasteiger partial charge in [0.05, 0.1) is 0 Å². The minimum Gasteiger partial charge on any atom is -0.340 e. The Kier molecular flexibility index (Phi) is 3.00. The lowest BCUT2D eigenvalue weighted by Gasteiger charge is -2.43. The topological polar surface area (TPSA) is 62.3 Å². The molecule has 0 aromatic carbocycles. The summed E-state index contributed by atoms with van der Waals surface area (Å²) in [6.45, 7) is 3.96. The van der Waals surface area contributed by atoms with Crippen molar-refractivity contribution < 1.29 is 9.59 Å². The Hall–Kier alpha value is -1.91. The molecule has 0 radical (unpaired) electrons. The van der Waals surface area contributed by atoms with Gasteiger partial charge in [0.1, 0.15) is 11.6 Å². The molecule has 106 valence electrons. The summed E-state index contributed by atoms with van der Waals surface area (Å²) in [5, 5.41) is 2.85. The van der Waals surface area contributed by atoms with E-state index in [4.69, 9.17) is 0 Å². The molecule has 3 rings (SSSR count). The van der Waals surface area contributed by atoms with Crippen LogP contribution < -0.4 is 5.32 Å². The van der Waals surface area contributed by atoms with E-state index >= 15 is 0 Å². The second-order valence-corrected chi connectivity index (χ2v) is 6.19. The average molecular weight is 273 g/mol. The number of amides is 2. The smallest absolute Gasteiger partial charge is 0.248 e. The highest BCUT2D eigenvalue weighted by molar-refractivity contribution is 5.99. The van der Waals surface area contributed by atoms with E-state index < -0.39 is 5.54 Å². The van der Waals surface area contributed by atoms with Crippen molar-refractivity contribution in [1.29, 1.82) is 0 Å². The lowest BCUT2D eigenvalue weighted by atomic mass is 9.94. The van der Waals surface area contributed by atoms with E-state index in [0.29, 0.717) is 12.5 Å². The molecule has 1 aromatic rings. The van der Waals surface area contributed by atoms with Gasteiger partial charge in [-0.15, -0.1) is 0 Å². The van der Waals surface area contributed by atoms with Crippen molar-refractivity contribution in [3.63, 3.8) is 0 Å². The first-order valence-corrected chi connectivity index (χ1v) is 7.01. The number of nitrogens with zero attached hydrogens (tertiary/aromatic N) is 2. The van der Waals surface area contributed by atoms with Crippen LogP contribution in [0.3, 0.4) is 0 Å². The number of piperazine rings is 1. The van der Waals surface area contributed by atoms with Gasteiger partial charge in [-0.1, -0.05) is 6.07 Å². The van der Waals surface area contributed by atoms with Crippen LogP contribution in [0, 0.1) is 5.92 Å². The number of rotatable bonds is 3. The zero-order valence-electron chi connectivity index (χ0n) is 11.8.